The molecule has 0 saturated carbocycles. The summed E-state index contributed by atoms with van der Waals surface area (Å²) in [5, 5.41) is 10.8. The number of nitrogens with zero attached hydrogens (tertiary/aromatic N) is 3. The summed E-state index contributed by atoms with van der Waals surface area (Å²) in [5.74, 6) is 3.98. The van der Waals surface area contributed by atoms with Crippen LogP contribution in [0.5, 0.6) is 0 Å². The second kappa shape index (κ2) is 7.93. The first-order valence-electron chi connectivity index (χ1n) is 7.74. The molecule has 0 spiro atoms. The van der Waals surface area contributed by atoms with Crippen LogP contribution in [0.25, 0.3) is 11.4 Å². The fourth-order valence-electron chi connectivity index (χ4n) is 2.21. The van der Waals surface area contributed by atoms with Gasteiger partial charge in [0.25, 0.3) is 0 Å². The predicted molar refractivity (Wildman–Crippen MR) is 101 cm³/mol. The van der Waals surface area contributed by atoms with Gasteiger partial charge in [0.1, 0.15) is 0 Å². The maximum Gasteiger partial charge on any atom is 0.237 e. The number of thioether (sulfide) groups is 1. The normalized spacial score (nSPS) is 12.0. The van der Waals surface area contributed by atoms with Gasteiger partial charge in [0.15, 0.2) is 17.5 Å². The van der Waals surface area contributed by atoms with Gasteiger partial charge in [0.2, 0.25) is 11.1 Å². The van der Waals surface area contributed by atoms with Crippen molar-refractivity contribution >= 4 is 35.0 Å². The van der Waals surface area contributed by atoms with Crippen molar-refractivity contribution in [1.29, 1.82) is 0 Å². The Morgan fingerprint density at radius 2 is 2.00 bits per heavy atom. The Bertz CT molecular complexity index is 997. The average molecular weight is 410 g/mol. The van der Waals surface area contributed by atoms with Gasteiger partial charge >= 0.3 is 0 Å². The SMILES string of the molecule is C[C@H](Sc1nnc(-c2cccc(Cl)c2)n1N)C(=O)Nc1ccc(F)c(F)c1. The van der Waals surface area contributed by atoms with E-state index >= 15 is 0 Å². The summed E-state index contributed by atoms with van der Waals surface area (Å²) in [6.45, 7) is 1.63. The lowest BCUT2D eigenvalue weighted by molar-refractivity contribution is -0.115. The number of anilines is 1. The van der Waals surface area contributed by atoms with Crippen molar-refractivity contribution in [3.05, 3.63) is 59.1 Å². The van der Waals surface area contributed by atoms with E-state index in [0.717, 1.165) is 23.9 Å². The lowest BCUT2D eigenvalue weighted by Crippen LogP contribution is -2.23. The quantitative estimate of drug-likeness (QED) is 0.495. The Labute approximate surface area is 162 Å². The molecule has 10 heteroatoms. The number of hydrogen-bond acceptors (Lipinski definition) is 5. The molecular formula is C17H14ClF2N5OS. The fraction of sp³-hybridized carbons (Fsp3) is 0.118. The molecule has 2 aromatic carbocycles. The summed E-state index contributed by atoms with van der Waals surface area (Å²) in [5.41, 5.74) is 0.837. The van der Waals surface area contributed by atoms with Gasteiger partial charge in [-0.05, 0) is 31.2 Å². The summed E-state index contributed by atoms with van der Waals surface area (Å²) in [6, 6.07) is 10.1. The number of carbonyl (C=O) groups excluding carboxylic acids is 1. The Balaban J connectivity index is 1.71. The molecule has 0 radical (unpaired) electrons. The molecule has 0 fully saturated rings. The highest BCUT2D eigenvalue weighted by molar-refractivity contribution is 8.00. The molecule has 0 aliphatic heterocycles. The van der Waals surface area contributed by atoms with Gasteiger partial charge in [-0.1, -0.05) is 35.5 Å². The fourth-order valence-corrected chi connectivity index (χ4v) is 3.17. The third kappa shape index (κ3) is 4.37. The minimum atomic E-state index is -1.04. The Hall–Kier alpha value is -2.65. The Morgan fingerprint density at radius 3 is 2.70 bits per heavy atom. The first kappa shape index (κ1) is 19.1. The minimum absolute atomic E-state index is 0.153. The number of aromatic nitrogens is 3. The Morgan fingerprint density at radius 1 is 1.22 bits per heavy atom. The van der Waals surface area contributed by atoms with E-state index in [1.807, 2.05) is 0 Å². The highest BCUT2D eigenvalue weighted by Crippen LogP contribution is 2.26. The molecule has 0 unspecified atom stereocenters. The van der Waals surface area contributed by atoms with E-state index in [1.54, 1.807) is 31.2 Å². The first-order chi connectivity index (χ1) is 12.8. The molecule has 27 heavy (non-hydrogen) atoms. The molecule has 0 bridgehead atoms. The molecule has 1 amide bonds. The van der Waals surface area contributed by atoms with Crippen LogP contribution in [-0.2, 0) is 4.79 Å². The second-order valence-corrected chi connectivity index (χ2v) is 7.31. The van der Waals surface area contributed by atoms with Crippen LogP contribution in [0.4, 0.5) is 14.5 Å². The van der Waals surface area contributed by atoms with Gasteiger partial charge in [0, 0.05) is 22.3 Å². The lowest BCUT2D eigenvalue weighted by atomic mass is 10.2. The van der Waals surface area contributed by atoms with Crippen molar-refractivity contribution in [1.82, 2.24) is 14.9 Å². The van der Waals surface area contributed by atoms with Gasteiger partial charge in [-0.25, -0.2) is 13.5 Å². The molecule has 0 aliphatic rings. The van der Waals surface area contributed by atoms with Crippen molar-refractivity contribution in [3.63, 3.8) is 0 Å². The first-order valence-corrected chi connectivity index (χ1v) is 9.00. The van der Waals surface area contributed by atoms with Crippen LogP contribution in [-0.4, -0.2) is 26.0 Å². The second-order valence-electron chi connectivity index (χ2n) is 5.56. The summed E-state index contributed by atoms with van der Waals surface area (Å²) in [7, 11) is 0. The maximum atomic E-state index is 13.2. The molecule has 1 aromatic heterocycles. The highest BCUT2D eigenvalue weighted by atomic mass is 35.5. The zero-order chi connectivity index (χ0) is 19.6. The minimum Gasteiger partial charge on any atom is -0.335 e. The van der Waals surface area contributed by atoms with E-state index in [2.05, 4.69) is 15.5 Å². The van der Waals surface area contributed by atoms with Crippen molar-refractivity contribution in [3.8, 4) is 11.4 Å². The Kier molecular flexibility index (Phi) is 5.62. The zero-order valence-corrected chi connectivity index (χ0v) is 15.6. The molecule has 0 aliphatic carbocycles. The number of benzene rings is 2. The third-order valence-corrected chi connectivity index (χ3v) is 4.88. The van der Waals surface area contributed by atoms with Gasteiger partial charge in [-0.2, -0.15) is 0 Å². The monoisotopic (exact) mass is 409 g/mol. The summed E-state index contributed by atoms with van der Waals surface area (Å²) < 4.78 is 27.5. The van der Waals surface area contributed by atoms with Gasteiger partial charge < -0.3 is 11.2 Å². The number of hydrogen-bond donors (Lipinski definition) is 2. The van der Waals surface area contributed by atoms with Gasteiger partial charge in [-0.15, -0.1) is 10.2 Å². The topological polar surface area (TPSA) is 85.8 Å². The molecule has 1 atom stereocenters. The third-order valence-electron chi connectivity index (χ3n) is 3.59. The standard InChI is InChI=1S/C17H14ClF2N5OS/c1-9(16(26)22-12-5-6-13(19)14(20)8-12)27-17-24-23-15(25(17)21)10-3-2-4-11(18)7-10/h2-9H,21H2,1H3,(H,22,26)/t9-/m0/s1. The summed E-state index contributed by atoms with van der Waals surface area (Å²) in [6.07, 6.45) is 0. The molecule has 140 valence electrons. The summed E-state index contributed by atoms with van der Waals surface area (Å²) in [4.78, 5) is 12.3. The lowest BCUT2D eigenvalue weighted by Gasteiger charge is -2.11. The van der Waals surface area contributed by atoms with E-state index in [4.69, 9.17) is 17.4 Å². The molecule has 3 N–H and O–H groups in total. The number of nitrogens with one attached hydrogen (secondary N) is 1. The van der Waals surface area contributed by atoms with Crippen LogP contribution in [0.3, 0.4) is 0 Å². The number of carbonyl (C=O) groups is 1. The number of halogens is 3. The smallest absolute Gasteiger partial charge is 0.237 e. The number of nitrogen functional groups attached to an aromatic ring is 1. The van der Waals surface area contributed by atoms with Crippen LogP contribution in [0.1, 0.15) is 6.92 Å². The average Bonchev–Trinajstić information content (AvgIpc) is 2.98. The van der Waals surface area contributed by atoms with Crippen molar-refractivity contribution in [2.24, 2.45) is 0 Å². The van der Waals surface area contributed by atoms with Crippen LogP contribution in [0.2, 0.25) is 5.02 Å². The molecule has 1 heterocycles. The zero-order valence-electron chi connectivity index (χ0n) is 14.0. The van der Waals surface area contributed by atoms with Crippen LogP contribution < -0.4 is 11.2 Å². The van der Waals surface area contributed by atoms with Crippen LogP contribution >= 0.6 is 23.4 Å². The van der Waals surface area contributed by atoms with Crippen LogP contribution in [0, 0.1) is 11.6 Å². The number of amides is 1. The molecule has 6 nitrogen and oxygen atoms in total. The van der Waals surface area contributed by atoms with E-state index in [-0.39, 0.29) is 5.69 Å². The highest BCUT2D eigenvalue weighted by Gasteiger charge is 2.20. The van der Waals surface area contributed by atoms with E-state index < -0.39 is 22.8 Å². The number of nitrogens with two attached hydrogens (primary N) is 1. The molecule has 0 saturated heterocycles. The van der Waals surface area contributed by atoms with E-state index in [9.17, 15) is 13.6 Å². The van der Waals surface area contributed by atoms with Gasteiger partial charge in [-0.3, -0.25) is 4.79 Å². The molecular weight excluding hydrogens is 396 g/mol. The van der Waals surface area contributed by atoms with Crippen LogP contribution in [0.15, 0.2) is 47.6 Å². The van der Waals surface area contributed by atoms with Crippen molar-refractivity contribution in [2.45, 2.75) is 17.3 Å². The van der Waals surface area contributed by atoms with E-state index in [0.29, 0.717) is 21.6 Å². The summed E-state index contributed by atoms with van der Waals surface area (Å²) >= 11 is 7.05. The largest absolute Gasteiger partial charge is 0.335 e. The van der Waals surface area contributed by atoms with E-state index in [1.165, 1.54) is 10.7 Å². The van der Waals surface area contributed by atoms with Crippen molar-refractivity contribution in [2.75, 3.05) is 11.2 Å². The maximum absolute atomic E-state index is 13.2. The number of rotatable bonds is 5. The molecule has 3 rings (SSSR count). The van der Waals surface area contributed by atoms with Gasteiger partial charge in [0.05, 0.1) is 5.25 Å². The predicted octanol–water partition coefficient (Wildman–Crippen LogP) is 3.71. The molecule has 3 aromatic rings. The van der Waals surface area contributed by atoms with Crippen molar-refractivity contribution < 1.29 is 13.6 Å².